The Labute approximate surface area is 44.5 Å². The molecule has 0 aromatic carbocycles. The maximum absolute atomic E-state index is 4.72. The van der Waals surface area contributed by atoms with Gasteiger partial charge in [0.1, 0.15) is 0 Å². The summed E-state index contributed by atoms with van der Waals surface area (Å²) in [5.41, 5.74) is 0. The van der Waals surface area contributed by atoms with Crippen LogP contribution in [0, 0.1) is 0 Å². The van der Waals surface area contributed by atoms with Crippen LogP contribution in [0.1, 0.15) is 6.42 Å². The minimum atomic E-state index is 0. The maximum Gasteiger partial charge on any atom is 0.0488 e. The number of ether oxygens (including phenoxy) is 1. The van der Waals surface area contributed by atoms with Gasteiger partial charge in [-0.15, -0.1) is 0 Å². The fraction of sp³-hybridized carbons (Fsp3) is 1.00. The van der Waals surface area contributed by atoms with Crippen LogP contribution in [-0.4, -0.2) is 13.2 Å². The molecule has 0 unspecified atom stereocenters. The van der Waals surface area contributed by atoms with Gasteiger partial charge in [-0.05, 0) is 6.42 Å². The third-order valence-corrected chi connectivity index (χ3v) is 0.577. The van der Waals surface area contributed by atoms with Gasteiger partial charge in [0.2, 0.25) is 0 Å². The van der Waals surface area contributed by atoms with E-state index in [1.165, 1.54) is 6.42 Å². The average Bonchev–Trinajstić information content (AvgIpc) is 0.722. The Hall–Kier alpha value is 0.583. The van der Waals surface area contributed by atoms with Crippen LogP contribution in [-0.2, 0) is 24.2 Å². The van der Waals surface area contributed by atoms with E-state index < -0.39 is 0 Å². The quantitative estimate of drug-likeness (QED) is 0.467. The van der Waals surface area contributed by atoms with Gasteiger partial charge >= 0.3 is 0 Å². The monoisotopic (exact) mass is 161 g/mol. The van der Waals surface area contributed by atoms with Crippen molar-refractivity contribution < 1.29 is 24.2 Å². The summed E-state index contributed by atoms with van der Waals surface area (Å²) in [5, 5.41) is 0. The van der Waals surface area contributed by atoms with Crippen LogP contribution in [0.15, 0.2) is 0 Å². The summed E-state index contributed by atoms with van der Waals surface area (Å²) in [6.07, 6.45) is 1.28. The molecule has 1 fully saturated rings. The largest absolute Gasteiger partial charge is 0.381 e. The number of hydrogen-bond acceptors (Lipinski definition) is 1. The van der Waals surface area contributed by atoms with Crippen molar-refractivity contribution in [1.29, 1.82) is 0 Å². The van der Waals surface area contributed by atoms with Crippen molar-refractivity contribution in [2.24, 2.45) is 0 Å². The third kappa shape index (κ3) is 1.46. The number of hydrogen-bond donors (Lipinski definition) is 0. The van der Waals surface area contributed by atoms with Crippen molar-refractivity contribution >= 4 is 0 Å². The van der Waals surface area contributed by atoms with Gasteiger partial charge in [-0.25, -0.2) is 0 Å². The first-order valence-electron chi connectivity index (χ1n) is 1.58. The average molecular weight is 161 g/mol. The Morgan fingerprint density at radius 1 is 1.20 bits per heavy atom. The molecular formula is C3H6ORh. The van der Waals surface area contributed by atoms with Crippen LogP contribution in [0.25, 0.3) is 0 Å². The molecule has 0 N–H and O–H groups in total. The third-order valence-electron chi connectivity index (χ3n) is 0.577. The first-order valence-corrected chi connectivity index (χ1v) is 1.58. The van der Waals surface area contributed by atoms with E-state index in [2.05, 4.69) is 0 Å². The normalized spacial score (nSPS) is 19.2. The summed E-state index contributed by atoms with van der Waals surface area (Å²) >= 11 is 0. The van der Waals surface area contributed by atoms with Gasteiger partial charge in [0.15, 0.2) is 0 Å². The van der Waals surface area contributed by atoms with E-state index in [4.69, 9.17) is 4.74 Å². The van der Waals surface area contributed by atoms with Gasteiger partial charge in [-0.3, -0.25) is 0 Å². The zero-order valence-electron chi connectivity index (χ0n) is 2.86. The predicted octanol–water partition coefficient (Wildman–Crippen LogP) is 0.404. The second-order valence-corrected chi connectivity index (χ2v) is 0.966. The smallest absolute Gasteiger partial charge is 0.0488 e. The van der Waals surface area contributed by atoms with Gasteiger partial charge in [0.25, 0.3) is 0 Å². The molecule has 1 heterocycles. The van der Waals surface area contributed by atoms with Crippen molar-refractivity contribution in [1.82, 2.24) is 0 Å². The summed E-state index contributed by atoms with van der Waals surface area (Å²) in [6.45, 7) is 2.00. The van der Waals surface area contributed by atoms with Crippen LogP contribution in [0.5, 0.6) is 0 Å². The van der Waals surface area contributed by atoms with Crippen LogP contribution >= 0.6 is 0 Å². The van der Waals surface area contributed by atoms with Gasteiger partial charge in [-0.1, -0.05) is 0 Å². The van der Waals surface area contributed by atoms with Crippen molar-refractivity contribution in [2.45, 2.75) is 6.42 Å². The van der Waals surface area contributed by atoms with Gasteiger partial charge in [0.05, 0.1) is 0 Å². The van der Waals surface area contributed by atoms with Gasteiger partial charge in [-0.2, -0.15) is 0 Å². The van der Waals surface area contributed by atoms with E-state index in [1.807, 2.05) is 0 Å². The van der Waals surface area contributed by atoms with Crippen molar-refractivity contribution in [3.63, 3.8) is 0 Å². The molecule has 2 heteroatoms. The topological polar surface area (TPSA) is 9.23 Å². The summed E-state index contributed by atoms with van der Waals surface area (Å²) in [7, 11) is 0. The summed E-state index contributed by atoms with van der Waals surface area (Å²) < 4.78 is 4.72. The Morgan fingerprint density at radius 3 is 1.40 bits per heavy atom. The molecule has 0 spiro atoms. The molecule has 1 rings (SSSR count). The van der Waals surface area contributed by atoms with Gasteiger partial charge in [0, 0.05) is 32.7 Å². The summed E-state index contributed by atoms with van der Waals surface area (Å²) in [4.78, 5) is 0. The fourth-order valence-electron chi connectivity index (χ4n) is 0.144. The summed E-state index contributed by atoms with van der Waals surface area (Å²) in [5.74, 6) is 0. The molecule has 1 aliphatic rings. The maximum atomic E-state index is 4.72. The zero-order chi connectivity index (χ0) is 2.83. The summed E-state index contributed by atoms with van der Waals surface area (Å²) in [6, 6.07) is 0. The van der Waals surface area contributed by atoms with E-state index >= 15 is 0 Å². The van der Waals surface area contributed by atoms with Crippen LogP contribution in [0.4, 0.5) is 0 Å². The molecule has 0 aromatic rings. The molecule has 0 saturated carbocycles. The van der Waals surface area contributed by atoms with E-state index in [-0.39, 0.29) is 19.5 Å². The van der Waals surface area contributed by atoms with Crippen LogP contribution in [0.3, 0.4) is 0 Å². The SMILES string of the molecule is C1COC1.[Rh]. The minimum Gasteiger partial charge on any atom is -0.381 e. The molecule has 5 heavy (non-hydrogen) atoms. The second kappa shape index (κ2) is 2.80. The number of rotatable bonds is 0. The van der Waals surface area contributed by atoms with Crippen LogP contribution in [0.2, 0.25) is 0 Å². The molecule has 0 amide bonds. The second-order valence-electron chi connectivity index (χ2n) is 0.966. The van der Waals surface area contributed by atoms with E-state index in [0.29, 0.717) is 0 Å². The molecule has 1 aliphatic heterocycles. The Bertz CT molecular complexity index is 14.9. The van der Waals surface area contributed by atoms with E-state index in [0.717, 1.165) is 13.2 Å². The first-order chi connectivity index (χ1) is 2.00. The van der Waals surface area contributed by atoms with Crippen molar-refractivity contribution in [3.05, 3.63) is 0 Å². The molecular weight excluding hydrogens is 155 g/mol. The van der Waals surface area contributed by atoms with E-state index in [1.54, 1.807) is 0 Å². The van der Waals surface area contributed by atoms with E-state index in [9.17, 15) is 0 Å². The molecule has 0 bridgehead atoms. The standard InChI is InChI=1S/C3H6O.Rh/c1-2-4-3-1;/h1-3H2;. The molecule has 0 aromatic heterocycles. The Kier molecular flexibility index (Phi) is 3.13. The molecule has 1 radical (unpaired) electrons. The van der Waals surface area contributed by atoms with Crippen molar-refractivity contribution in [3.8, 4) is 0 Å². The first kappa shape index (κ1) is 5.58. The molecule has 1 nitrogen and oxygen atoms in total. The minimum absolute atomic E-state index is 0. The van der Waals surface area contributed by atoms with Gasteiger partial charge < -0.3 is 4.74 Å². The molecule has 0 atom stereocenters. The van der Waals surface area contributed by atoms with Crippen LogP contribution < -0.4 is 0 Å². The molecule has 33 valence electrons. The predicted molar refractivity (Wildman–Crippen MR) is 15.4 cm³/mol. The Morgan fingerprint density at radius 2 is 1.40 bits per heavy atom. The molecule has 1 saturated heterocycles. The Balaban J connectivity index is 0.000000160. The zero-order valence-corrected chi connectivity index (χ0v) is 4.50. The fourth-order valence-corrected chi connectivity index (χ4v) is 0.144. The molecule has 0 aliphatic carbocycles. The van der Waals surface area contributed by atoms with Crippen molar-refractivity contribution in [2.75, 3.05) is 13.2 Å².